The van der Waals surface area contributed by atoms with Crippen LogP contribution in [0.25, 0.3) is 78.3 Å². The molecule has 14 heteroatoms. The molecule has 0 N–H and O–H groups in total. The van der Waals surface area contributed by atoms with Gasteiger partial charge in [0.25, 0.3) is 0 Å². The van der Waals surface area contributed by atoms with Crippen molar-refractivity contribution in [2.75, 3.05) is 0 Å². The molecule has 10 aromatic rings. The largest absolute Gasteiger partial charge is 2.00 e. The normalized spacial score (nSPS) is 11.3. The number of hydrogen-bond acceptors (Lipinski definition) is 4. The molecule has 0 atom stereocenters. The summed E-state index contributed by atoms with van der Waals surface area (Å²) in [7, 11) is 7.85. The van der Waals surface area contributed by atoms with Crippen LogP contribution in [-0.2, 0) is 70.3 Å². The van der Waals surface area contributed by atoms with Crippen LogP contribution in [0.3, 0.4) is 0 Å². The molecule has 252 valence electrons. The molecule has 8 aromatic heterocycles. The van der Waals surface area contributed by atoms with Crippen LogP contribution in [0.1, 0.15) is 0 Å². The van der Waals surface area contributed by atoms with Gasteiger partial charge in [0, 0.05) is 26.5 Å². The van der Waals surface area contributed by atoms with E-state index < -0.39 is 0 Å². The van der Waals surface area contributed by atoms with E-state index in [0.717, 1.165) is 78.3 Å². The summed E-state index contributed by atoms with van der Waals surface area (Å²) in [5.41, 5.74) is 5.76. The zero-order chi connectivity index (χ0) is 32.5. The average Bonchev–Trinajstić information content (AvgIpc) is 3.91. The summed E-state index contributed by atoms with van der Waals surface area (Å²) >= 11 is 0. The van der Waals surface area contributed by atoms with E-state index in [0.29, 0.717) is 0 Å². The minimum absolute atomic E-state index is 0. The molecular weight excluding hydrogens is 991 g/mol. The number of nitrogens with zero attached hydrogens (tertiary/aromatic N) is 12. The zero-order valence-electron chi connectivity index (χ0n) is 27.2. The second kappa shape index (κ2) is 12.9. The molecule has 0 bridgehead atoms. The molecule has 0 aliphatic carbocycles. The number of benzene rings is 2. The van der Waals surface area contributed by atoms with Crippen LogP contribution >= 0.6 is 0 Å². The summed E-state index contributed by atoms with van der Waals surface area (Å²) in [6, 6.07) is 16.6. The Balaban J connectivity index is 0.000000151. The molecule has 0 aliphatic rings. The molecule has 0 aliphatic heterocycles. The predicted octanol–water partition coefficient (Wildman–Crippen LogP) is 5.35. The molecule has 10 rings (SSSR count). The maximum atomic E-state index is 4.90. The fourth-order valence-corrected chi connectivity index (χ4v) is 6.38. The molecule has 12 nitrogen and oxygen atoms in total. The Kier molecular flexibility index (Phi) is 8.62. The predicted molar refractivity (Wildman–Crippen MR) is 184 cm³/mol. The molecule has 2 aromatic carbocycles. The van der Waals surface area contributed by atoms with Gasteiger partial charge in [-0.3, -0.25) is 0 Å². The van der Waals surface area contributed by atoms with Gasteiger partial charge in [-0.15, -0.1) is 12.4 Å². The molecule has 8 heterocycles. The topological polar surface area (TPSA) is 109 Å². The molecule has 0 fully saturated rings. The Morgan fingerprint density at radius 2 is 1.00 bits per heavy atom. The fourth-order valence-electron chi connectivity index (χ4n) is 6.38. The van der Waals surface area contributed by atoms with Crippen LogP contribution in [0.4, 0.5) is 0 Å². The van der Waals surface area contributed by atoms with Gasteiger partial charge in [0.15, 0.2) is 0 Å². The first-order valence-electron chi connectivity index (χ1n) is 15.3. The van der Waals surface area contributed by atoms with Crippen LogP contribution in [0.2, 0.25) is 0 Å². The zero-order valence-corrected chi connectivity index (χ0v) is 31.8. The van der Waals surface area contributed by atoms with Crippen LogP contribution in [0.5, 0.6) is 0 Å². The van der Waals surface area contributed by atoms with Crippen molar-refractivity contribution in [3.8, 4) is 34.4 Å². The minimum atomic E-state index is 0. The first kappa shape index (κ1) is 33.3. The third-order valence-corrected chi connectivity index (χ3v) is 8.68. The van der Waals surface area contributed by atoms with E-state index in [4.69, 9.17) is 9.97 Å². The number of para-hydroxylation sites is 2. The van der Waals surface area contributed by atoms with Crippen molar-refractivity contribution in [2.45, 2.75) is 0 Å². The molecule has 50 heavy (non-hydrogen) atoms. The molecular formula is C36H28N12Pt2. The van der Waals surface area contributed by atoms with E-state index in [1.807, 2.05) is 105 Å². The summed E-state index contributed by atoms with van der Waals surface area (Å²) < 4.78 is 11.8. The van der Waals surface area contributed by atoms with Crippen molar-refractivity contribution >= 4 is 43.9 Å². The molecule has 0 spiro atoms. The van der Waals surface area contributed by atoms with Crippen LogP contribution < -0.4 is 9.97 Å². The number of rotatable bonds is 4. The van der Waals surface area contributed by atoms with Gasteiger partial charge < -0.3 is 47.3 Å². The van der Waals surface area contributed by atoms with E-state index in [1.54, 1.807) is 12.7 Å². The maximum Gasteiger partial charge on any atom is 2.00 e. The van der Waals surface area contributed by atoms with Crippen molar-refractivity contribution < 1.29 is 42.1 Å². The summed E-state index contributed by atoms with van der Waals surface area (Å²) in [6.45, 7) is 0. The Morgan fingerprint density at radius 1 is 0.560 bits per heavy atom. The summed E-state index contributed by atoms with van der Waals surface area (Å²) in [6.07, 6.45) is 21.0. The van der Waals surface area contributed by atoms with Gasteiger partial charge in [-0.25, -0.2) is 9.97 Å². The SMILES string of the molecule is Cn1cnc(-n2ccc3c4cccc(-c5n[c-]cn5C)c4[n-]c32)c1.Cn1cnc(-n2ccc3c4cccc(-c5n[c-]cn5C)c4[n-]c32)c1.[Pt+2].[Pt+2]. The fraction of sp³-hybridized carbons (Fsp3) is 0.111. The van der Waals surface area contributed by atoms with Crippen molar-refractivity contribution in [3.05, 3.63) is 111 Å². The van der Waals surface area contributed by atoms with E-state index in [9.17, 15) is 0 Å². The van der Waals surface area contributed by atoms with E-state index >= 15 is 0 Å². The third-order valence-electron chi connectivity index (χ3n) is 8.68. The van der Waals surface area contributed by atoms with Crippen molar-refractivity contribution in [3.63, 3.8) is 0 Å². The molecule has 0 saturated heterocycles. The van der Waals surface area contributed by atoms with Crippen molar-refractivity contribution in [1.82, 2.24) is 57.3 Å². The first-order valence-corrected chi connectivity index (χ1v) is 15.3. The summed E-state index contributed by atoms with van der Waals surface area (Å²) in [5, 5.41) is 4.49. The van der Waals surface area contributed by atoms with Gasteiger partial charge in [0.2, 0.25) is 0 Å². The first-order chi connectivity index (χ1) is 23.4. The van der Waals surface area contributed by atoms with Gasteiger partial charge in [-0.1, -0.05) is 84.4 Å². The molecule has 0 amide bonds. The van der Waals surface area contributed by atoms with Gasteiger partial charge in [0.1, 0.15) is 0 Å². The molecule has 0 saturated carbocycles. The summed E-state index contributed by atoms with van der Waals surface area (Å²) in [5.74, 6) is 3.46. The standard InChI is InChI=1S/2C18H14N6.2Pt/c2*1-22-10-15(20-11-22)24-8-6-13-12-4-3-5-14(16(12)21-18(13)24)17-19-7-9-23(17)2;;/h2*3-6,8-11H,1-2H3;;/q2*-2;2*+2. The monoisotopic (exact) mass is 1020 g/mol. The minimum Gasteiger partial charge on any atom is -0.436 e. The van der Waals surface area contributed by atoms with Crippen LogP contribution in [0, 0.1) is 12.4 Å². The molecule has 0 unspecified atom stereocenters. The second-order valence-corrected chi connectivity index (χ2v) is 11.9. The Bertz CT molecular complexity index is 2570. The molecule has 0 radical (unpaired) electrons. The average molecular weight is 1020 g/mol. The van der Waals surface area contributed by atoms with Gasteiger partial charge in [-0.05, 0) is 69.6 Å². The summed E-state index contributed by atoms with van der Waals surface area (Å²) in [4.78, 5) is 27.4. The number of hydrogen-bond donors (Lipinski definition) is 0. The Morgan fingerprint density at radius 3 is 1.36 bits per heavy atom. The number of imidazole rings is 4. The van der Waals surface area contributed by atoms with Crippen LogP contribution in [0.15, 0.2) is 98.4 Å². The van der Waals surface area contributed by atoms with E-state index in [-0.39, 0.29) is 42.1 Å². The Labute approximate surface area is 314 Å². The number of fused-ring (bicyclic) bond motifs is 6. The van der Waals surface area contributed by atoms with Gasteiger partial charge in [-0.2, -0.15) is 0 Å². The smallest absolute Gasteiger partial charge is 0.436 e. The van der Waals surface area contributed by atoms with Gasteiger partial charge in [0.05, 0.1) is 24.3 Å². The van der Waals surface area contributed by atoms with E-state index in [2.05, 4.69) is 68.7 Å². The van der Waals surface area contributed by atoms with E-state index in [1.165, 1.54) is 0 Å². The quantitative estimate of drug-likeness (QED) is 0.221. The van der Waals surface area contributed by atoms with Gasteiger partial charge >= 0.3 is 42.1 Å². The number of aryl methyl sites for hydroxylation is 4. The second-order valence-electron chi connectivity index (χ2n) is 11.9. The maximum absolute atomic E-state index is 4.90. The Hall–Kier alpha value is -5.18. The van der Waals surface area contributed by atoms with Crippen molar-refractivity contribution in [2.24, 2.45) is 28.2 Å². The number of aromatic nitrogens is 12. The van der Waals surface area contributed by atoms with Crippen molar-refractivity contribution in [1.29, 1.82) is 0 Å². The third kappa shape index (κ3) is 5.30. The van der Waals surface area contributed by atoms with Crippen LogP contribution in [-0.4, -0.2) is 47.3 Å².